The fourth-order valence-electron chi connectivity index (χ4n) is 1.73. The van der Waals surface area contributed by atoms with E-state index in [1.54, 1.807) is 30.3 Å². The molecule has 0 saturated carbocycles. The second-order valence-electron chi connectivity index (χ2n) is 3.73. The number of carbonyl (C=O) groups is 1. The molecule has 0 aliphatic carbocycles. The zero-order valence-corrected chi connectivity index (χ0v) is 11.1. The highest BCUT2D eigenvalue weighted by Crippen LogP contribution is 2.30. The monoisotopic (exact) mass is 280 g/mol. The second-order valence-corrected chi connectivity index (χ2v) is 4.61. The van der Waals surface area contributed by atoms with Crippen molar-refractivity contribution in [1.29, 1.82) is 0 Å². The second kappa shape index (κ2) is 5.42. The van der Waals surface area contributed by atoms with Crippen molar-refractivity contribution in [3.63, 3.8) is 0 Å². The lowest BCUT2D eigenvalue weighted by Crippen LogP contribution is -1.91. The summed E-state index contributed by atoms with van der Waals surface area (Å²) in [6.07, 6.45) is 0.758. The minimum Gasteiger partial charge on any atom is -0.496 e. The molecule has 0 saturated heterocycles. The SMILES string of the molecule is COc1ccc(-c2cc(Cl)cc(Cl)c2)cc1C=O. The maximum Gasteiger partial charge on any atom is 0.153 e. The molecular formula is C14H10Cl2O2. The predicted molar refractivity (Wildman–Crippen MR) is 73.8 cm³/mol. The van der Waals surface area contributed by atoms with E-state index in [9.17, 15) is 4.79 Å². The number of ether oxygens (including phenoxy) is 1. The maximum absolute atomic E-state index is 11.0. The molecule has 2 aromatic carbocycles. The number of methoxy groups -OCH3 is 1. The first-order valence-corrected chi connectivity index (χ1v) is 5.99. The van der Waals surface area contributed by atoms with Crippen LogP contribution >= 0.6 is 23.2 Å². The van der Waals surface area contributed by atoms with Crippen molar-refractivity contribution < 1.29 is 9.53 Å². The molecule has 0 fully saturated rings. The van der Waals surface area contributed by atoms with Crippen LogP contribution in [0.5, 0.6) is 5.75 Å². The van der Waals surface area contributed by atoms with E-state index in [0.717, 1.165) is 17.4 Å². The van der Waals surface area contributed by atoms with Crippen LogP contribution in [0.1, 0.15) is 10.4 Å². The van der Waals surface area contributed by atoms with Crippen molar-refractivity contribution in [2.45, 2.75) is 0 Å². The predicted octanol–water partition coefficient (Wildman–Crippen LogP) is 4.48. The summed E-state index contributed by atoms with van der Waals surface area (Å²) in [5.74, 6) is 0.543. The van der Waals surface area contributed by atoms with Crippen molar-refractivity contribution in [2.75, 3.05) is 7.11 Å². The Kier molecular flexibility index (Phi) is 3.90. The summed E-state index contributed by atoms with van der Waals surface area (Å²) in [6.45, 7) is 0. The molecule has 0 aliphatic rings. The van der Waals surface area contributed by atoms with Gasteiger partial charge in [0.15, 0.2) is 6.29 Å². The lowest BCUT2D eigenvalue weighted by molar-refractivity contribution is 0.112. The van der Waals surface area contributed by atoms with Gasteiger partial charge in [-0.1, -0.05) is 29.3 Å². The van der Waals surface area contributed by atoms with E-state index in [0.29, 0.717) is 21.4 Å². The zero-order valence-electron chi connectivity index (χ0n) is 9.61. The van der Waals surface area contributed by atoms with E-state index in [1.807, 2.05) is 6.07 Å². The van der Waals surface area contributed by atoms with E-state index >= 15 is 0 Å². The van der Waals surface area contributed by atoms with E-state index in [4.69, 9.17) is 27.9 Å². The average molecular weight is 281 g/mol. The molecule has 0 unspecified atom stereocenters. The average Bonchev–Trinajstić information content (AvgIpc) is 2.36. The molecule has 0 aromatic heterocycles. The zero-order chi connectivity index (χ0) is 13.1. The molecule has 2 aromatic rings. The molecule has 0 atom stereocenters. The summed E-state index contributed by atoms with van der Waals surface area (Å²) < 4.78 is 5.09. The van der Waals surface area contributed by atoms with Gasteiger partial charge in [0.1, 0.15) is 5.75 Å². The Hall–Kier alpha value is -1.51. The largest absolute Gasteiger partial charge is 0.496 e. The van der Waals surface area contributed by atoms with Gasteiger partial charge in [-0.2, -0.15) is 0 Å². The molecule has 92 valence electrons. The topological polar surface area (TPSA) is 26.3 Å². The first kappa shape index (κ1) is 12.9. The van der Waals surface area contributed by atoms with Gasteiger partial charge >= 0.3 is 0 Å². The van der Waals surface area contributed by atoms with Gasteiger partial charge in [0.05, 0.1) is 12.7 Å². The summed E-state index contributed by atoms with van der Waals surface area (Å²) in [5.41, 5.74) is 2.21. The van der Waals surface area contributed by atoms with Crippen molar-refractivity contribution in [3.05, 3.63) is 52.0 Å². The molecule has 0 bridgehead atoms. The molecule has 4 heteroatoms. The number of aldehydes is 1. The molecule has 0 amide bonds. The summed E-state index contributed by atoms with van der Waals surface area (Å²) in [6, 6.07) is 10.6. The molecule has 0 radical (unpaired) electrons. The smallest absolute Gasteiger partial charge is 0.153 e. The number of halogens is 2. The van der Waals surface area contributed by atoms with E-state index in [2.05, 4.69) is 0 Å². The molecule has 0 heterocycles. The Morgan fingerprint density at radius 3 is 2.22 bits per heavy atom. The van der Waals surface area contributed by atoms with Gasteiger partial charge in [-0.3, -0.25) is 4.79 Å². The van der Waals surface area contributed by atoms with E-state index < -0.39 is 0 Å². The third kappa shape index (κ3) is 2.66. The lowest BCUT2D eigenvalue weighted by Gasteiger charge is -2.07. The Labute approximate surface area is 115 Å². The Morgan fingerprint density at radius 2 is 1.67 bits per heavy atom. The third-order valence-electron chi connectivity index (χ3n) is 2.55. The van der Waals surface area contributed by atoms with Crippen molar-refractivity contribution in [1.82, 2.24) is 0 Å². The van der Waals surface area contributed by atoms with E-state index in [1.165, 1.54) is 7.11 Å². The molecular weight excluding hydrogens is 271 g/mol. The third-order valence-corrected chi connectivity index (χ3v) is 2.99. The van der Waals surface area contributed by atoms with Gasteiger partial charge in [-0.25, -0.2) is 0 Å². The van der Waals surface area contributed by atoms with E-state index in [-0.39, 0.29) is 0 Å². The van der Waals surface area contributed by atoms with Gasteiger partial charge in [-0.15, -0.1) is 0 Å². The van der Waals surface area contributed by atoms with Gasteiger partial charge in [0.25, 0.3) is 0 Å². The molecule has 0 spiro atoms. The highest BCUT2D eigenvalue weighted by Gasteiger charge is 2.06. The molecule has 0 aliphatic heterocycles. The van der Waals surface area contributed by atoms with Crippen molar-refractivity contribution in [3.8, 4) is 16.9 Å². The van der Waals surface area contributed by atoms with Gasteiger partial charge in [-0.05, 0) is 41.5 Å². The van der Waals surface area contributed by atoms with Crippen LogP contribution in [0.25, 0.3) is 11.1 Å². The number of carbonyl (C=O) groups excluding carboxylic acids is 1. The van der Waals surface area contributed by atoms with Gasteiger partial charge in [0.2, 0.25) is 0 Å². The van der Waals surface area contributed by atoms with Crippen LogP contribution in [0.4, 0.5) is 0 Å². The number of hydrogen-bond acceptors (Lipinski definition) is 2. The van der Waals surface area contributed by atoms with Crippen LogP contribution in [0, 0.1) is 0 Å². The maximum atomic E-state index is 11.0. The standard InChI is InChI=1S/C14H10Cl2O2/c1-18-14-3-2-9(4-11(14)8-17)10-5-12(15)7-13(16)6-10/h2-8H,1H3. The van der Waals surface area contributed by atoms with Crippen LogP contribution < -0.4 is 4.74 Å². The van der Waals surface area contributed by atoms with Crippen LogP contribution in [-0.4, -0.2) is 13.4 Å². The summed E-state index contributed by atoms with van der Waals surface area (Å²) in [7, 11) is 1.53. The van der Waals surface area contributed by atoms with Crippen LogP contribution in [0.15, 0.2) is 36.4 Å². The Bertz CT molecular complexity index is 574. The highest BCUT2D eigenvalue weighted by atomic mass is 35.5. The molecule has 2 rings (SSSR count). The van der Waals surface area contributed by atoms with Gasteiger partial charge < -0.3 is 4.74 Å². The summed E-state index contributed by atoms with van der Waals surface area (Å²) >= 11 is 11.9. The molecule has 2 nitrogen and oxygen atoms in total. The first-order chi connectivity index (χ1) is 8.63. The Morgan fingerprint density at radius 1 is 1.00 bits per heavy atom. The highest BCUT2D eigenvalue weighted by molar-refractivity contribution is 6.35. The number of benzene rings is 2. The number of rotatable bonds is 3. The first-order valence-electron chi connectivity index (χ1n) is 5.23. The van der Waals surface area contributed by atoms with Crippen molar-refractivity contribution >= 4 is 29.5 Å². The quantitative estimate of drug-likeness (QED) is 0.775. The summed E-state index contributed by atoms with van der Waals surface area (Å²) in [5, 5.41) is 1.11. The van der Waals surface area contributed by atoms with Crippen LogP contribution in [-0.2, 0) is 0 Å². The number of hydrogen-bond donors (Lipinski definition) is 0. The summed E-state index contributed by atoms with van der Waals surface area (Å²) in [4.78, 5) is 11.0. The molecule has 18 heavy (non-hydrogen) atoms. The Balaban J connectivity index is 2.53. The van der Waals surface area contributed by atoms with Crippen LogP contribution in [0.2, 0.25) is 10.0 Å². The van der Waals surface area contributed by atoms with Crippen LogP contribution in [0.3, 0.4) is 0 Å². The minimum atomic E-state index is 0.492. The fourth-order valence-corrected chi connectivity index (χ4v) is 2.25. The lowest BCUT2D eigenvalue weighted by atomic mass is 10.0. The van der Waals surface area contributed by atoms with Gasteiger partial charge in [0, 0.05) is 10.0 Å². The van der Waals surface area contributed by atoms with Crippen molar-refractivity contribution in [2.24, 2.45) is 0 Å². The molecule has 0 N–H and O–H groups in total. The minimum absolute atomic E-state index is 0.492. The fraction of sp³-hybridized carbons (Fsp3) is 0.0714. The normalized spacial score (nSPS) is 10.2.